The quantitative estimate of drug-likeness (QED) is 0.828. The maximum Gasteiger partial charge on any atom is 0.134 e. The summed E-state index contributed by atoms with van der Waals surface area (Å²) in [5.41, 5.74) is 0. The number of nitrogens with zero attached hydrogens (tertiary/aromatic N) is 3. The van der Waals surface area contributed by atoms with E-state index in [1.807, 2.05) is 20.2 Å². The number of piperidine rings is 1. The minimum Gasteiger partial charge on any atom is -0.373 e. The molecule has 0 amide bonds. The largest absolute Gasteiger partial charge is 0.373 e. The van der Waals surface area contributed by atoms with Gasteiger partial charge in [0.05, 0.1) is 0 Å². The molecule has 0 aromatic carbocycles. The SMILES string of the molecule is CNCCC1CCCCN1c1cc(NC)ncn1. The lowest BCUT2D eigenvalue weighted by Crippen LogP contribution is -2.41. The standard InChI is InChI=1S/C13H23N5/c1-14-7-6-11-5-3-4-8-18(11)13-9-12(15-2)16-10-17-13/h9-11,14H,3-8H2,1-2H3,(H,15,16,17). The fourth-order valence-corrected chi connectivity index (χ4v) is 2.55. The molecular formula is C13H23N5. The summed E-state index contributed by atoms with van der Waals surface area (Å²) in [7, 11) is 3.90. The van der Waals surface area contributed by atoms with Crippen molar-refractivity contribution in [1.82, 2.24) is 15.3 Å². The van der Waals surface area contributed by atoms with Crippen LogP contribution in [-0.4, -0.2) is 43.2 Å². The molecule has 1 aromatic rings. The van der Waals surface area contributed by atoms with Crippen LogP contribution in [0.15, 0.2) is 12.4 Å². The summed E-state index contributed by atoms with van der Waals surface area (Å²) in [5.74, 6) is 1.94. The van der Waals surface area contributed by atoms with Gasteiger partial charge >= 0.3 is 0 Å². The van der Waals surface area contributed by atoms with Gasteiger partial charge in [-0.25, -0.2) is 9.97 Å². The normalized spacial score (nSPS) is 19.9. The molecule has 1 atom stereocenters. The van der Waals surface area contributed by atoms with Crippen molar-refractivity contribution in [2.45, 2.75) is 31.7 Å². The first-order chi connectivity index (χ1) is 8.85. The first kappa shape index (κ1) is 13.1. The topological polar surface area (TPSA) is 53.1 Å². The predicted molar refractivity (Wildman–Crippen MR) is 75.1 cm³/mol. The fourth-order valence-electron chi connectivity index (χ4n) is 2.55. The Morgan fingerprint density at radius 1 is 1.33 bits per heavy atom. The molecule has 5 heteroatoms. The average Bonchev–Trinajstić information content (AvgIpc) is 2.45. The summed E-state index contributed by atoms with van der Waals surface area (Å²) in [4.78, 5) is 11.0. The van der Waals surface area contributed by atoms with Crippen molar-refractivity contribution in [3.05, 3.63) is 12.4 Å². The van der Waals surface area contributed by atoms with Gasteiger partial charge in [-0.1, -0.05) is 0 Å². The van der Waals surface area contributed by atoms with Crippen molar-refractivity contribution < 1.29 is 0 Å². The van der Waals surface area contributed by atoms with Crippen LogP contribution in [-0.2, 0) is 0 Å². The highest BCUT2D eigenvalue weighted by Crippen LogP contribution is 2.25. The van der Waals surface area contributed by atoms with Crippen LogP contribution in [0.5, 0.6) is 0 Å². The Morgan fingerprint density at radius 3 is 3.00 bits per heavy atom. The first-order valence-corrected chi connectivity index (χ1v) is 6.76. The van der Waals surface area contributed by atoms with Crippen molar-refractivity contribution in [2.24, 2.45) is 0 Å². The fraction of sp³-hybridized carbons (Fsp3) is 0.692. The van der Waals surface area contributed by atoms with Crippen LogP contribution in [0.3, 0.4) is 0 Å². The molecule has 0 aliphatic carbocycles. The number of hydrogen-bond acceptors (Lipinski definition) is 5. The number of aromatic nitrogens is 2. The van der Waals surface area contributed by atoms with Crippen LogP contribution in [0, 0.1) is 0 Å². The third-order valence-electron chi connectivity index (χ3n) is 3.56. The van der Waals surface area contributed by atoms with Gasteiger partial charge in [0.25, 0.3) is 0 Å². The lowest BCUT2D eigenvalue weighted by Gasteiger charge is -2.36. The summed E-state index contributed by atoms with van der Waals surface area (Å²) in [5, 5.41) is 6.31. The second kappa shape index (κ2) is 6.54. The first-order valence-electron chi connectivity index (χ1n) is 6.76. The molecule has 2 N–H and O–H groups in total. The van der Waals surface area contributed by atoms with E-state index in [0.29, 0.717) is 6.04 Å². The molecule has 2 heterocycles. The molecule has 0 spiro atoms. The lowest BCUT2D eigenvalue weighted by atomic mass is 9.99. The van der Waals surface area contributed by atoms with Gasteiger partial charge in [-0.05, 0) is 39.3 Å². The zero-order valence-corrected chi connectivity index (χ0v) is 11.3. The van der Waals surface area contributed by atoms with Crippen LogP contribution in [0.1, 0.15) is 25.7 Å². The Bertz CT molecular complexity index is 368. The van der Waals surface area contributed by atoms with E-state index < -0.39 is 0 Å². The summed E-state index contributed by atoms with van der Waals surface area (Å²) in [6.45, 7) is 2.17. The molecule has 1 aliphatic heterocycles. The maximum absolute atomic E-state index is 4.42. The van der Waals surface area contributed by atoms with Crippen LogP contribution < -0.4 is 15.5 Å². The minimum absolute atomic E-state index is 0.603. The van der Waals surface area contributed by atoms with E-state index in [4.69, 9.17) is 0 Å². The van der Waals surface area contributed by atoms with Crippen molar-refractivity contribution in [3.8, 4) is 0 Å². The van der Waals surface area contributed by atoms with Crippen molar-refractivity contribution in [3.63, 3.8) is 0 Å². The molecule has 0 radical (unpaired) electrons. The molecule has 2 rings (SSSR count). The Labute approximate surface area is 109 Å². The van der Waals surface area contributed by atoms with Crippen LogP contribution in [0.4, 0.5) is 11.6 Å². The lowest BCUT2D eigenvalue weighted by molar-refractivity contribution is 0.430. The number of rotatable bonds is 5. The molecule has 18 heavy (non-hydrogen) atoms. The monoisotopic (exact) mass is 249 g/mol. The minimum atomic E-state index is 0.603. The summed E-state index contributed by atoms with van der Waals surface area (Å²) in [6.07, 6.45) is 6.67. The second-order valence-electron chi connectivity index (χ2n) is 4.75. The van der Waals surface area contributed by atoms with E-state index >= 15 is 0 Å². The van der Waals surface area contributed by atoms with Gasteiger partial charge in [-0.3, -0.25) is 0 Å². The number of nitrogens with one attached hydrogen (secondary N) is 2. The molecule has 1 unspecified atom stereocenters. The second-order valence-corrected chi connectivity index (χ2v) is 4.75. The van der Waals surface area contributed by atoms with Gasteiger partial charge in [0, 0.05) is 25.7 Å². The van der Waals surface area contributed by atoms with Gasteiger partial charge < -0.3 is 15.5 Å². The highest BCUT2D eigenvalue weighted by Gasteiger charge is 2.23. The summed E-state index contributed by atoms with van der Waals surface area (Å²) >= 11 is 0. The third-order valence-corrected chi connectivity index (χ3v) is 3.56. The Morgan fingerprint density at radius 2 is 2.22 bits per heavy atom. The number of anilines is 2. The third kappa shape index (κ3) is 3.10. The summed E-state index contributed by atoms with van der Waals surface area (Å²) in [6, 6.07) is 2.64. The van der Waals surface area contributed by atoms with Crippen LogP contribution in [0.25, 0.3) is 0 Å². The zero-order valence-electron chi connectivity index (χ0n) is 11.3. The molecule has 100 valence electrons. The van der Waals surface area contributed by atoms with Gasteiger partial charge in [-0.2, -0.15) is 0 Å². The van der Waals surface area contributed by atoms with Gasteiger partial charge in [0.15, 0.2) is 0 Å². The smallest absolute Gasteiger partial charge is 0.134 e. The Balaban J connectivity index is 2.11. The van der Waals surface area contributed by atoms with Gasteiger partial charge in [0.2, 0.25) is 0 Å². The molecule has 1 fully saturated rings. The average molecular weight is 249 g/mol. The van der Waals surface area contributed by atoms with E-state index in [-0.39, 0.29) is 0 Å². The van der Waals surface area contributed by atoms with E-state index in [1.165, 1.54) is 25.7 Å². The molecule has 1 aliphatic rings. The predicted octanol–water partition coefficient (Wildman–Crippen LogP) is 1.49. The van der Waals surface area contributed by atoms with Crippen molar-refractivity contribution >= 4 is 11.6 Å². The highest BCUT2D eigenvalue weighted by molar-refractivity contribution is 5.49. The van der Waals surface area contributed by atoms with Crippen LogP contribution >= 0.6 is 0 Å². The van der Waals surface area contributed by atoms with Crippen molar-refractivity contribution in [2.75, 3.05) is 37.4 Å². The summed E-state index contributed by atoms with van der Waals surface area (Å²) < 4.78 is 0. The Hall–Kier alpha value is -1.36. The molecular weight excluding hydrogens is 226 g/mol. The zero-order chi connectivity index (χ0) is 12.8. The van der Waals surface area contributed by atoms with E-state index in [2.05, 4.69) is 25.5 Å². The molecule has 0 bridgehead atoms. The molecule has 5 nitrogen and oxygen atoms in total. The van der Waals surface area contributed by atoms with E-state index in [1.54, 1.807) is 6.33 Å². The number of hydrogen-bond donors (Lipinski definition) is 2. The van der Waals surface area contributed by atoms with E-state index in [0.717, 1.165) is 24.7 Å². The van der Waals surface area contributed by atoms with Crippen LogP contribution in [0.2, 0.25) is 0 Å². The molecule has 1 saturated heterocycles. The molecule has 1 aromatic heterocycles. The van der Waals surface area contributed by atoms with Crippen molar-refractivity contribution in [1.29, 1.82) is 0 Å². The maximum atomic E-state index is 4.42. The van der Waals surface area contributed by atoms with Gasteiger partial charge in [0.1, 0.15) is 18.0 Å². The van der Waals surface area contributed by atoms with Gasteiger partial charge in [-0.15, -0.1) is 0 Å². The van der Waals surface area contributed by atoms with E-state index in [9.17, 15) is 0 Å². The highest BCUT2D eigenvalue weighted by atomic mass is 15.2. The Kier molecular flexibility index (Phi) is 4.75. The molecule has 0 saturated carbocycles.